The summed E-state index contributed by atoms with van der Waals surface area (Å²) in [6.07, 6.45) is 4.98. The first-order chi connectivity index (χ1) is 9.16. The van der Waals surface area contributed by atoms with Gasteiger partial charge in [0.15, 0.2) is 0 Å². The van der Waals surface area contributed by atoms with Crippen LogP contribution in [0.25, 0.3) is 0 Å². The average molecular weight is 279 g/mol. The molecule has 1 aliphatic rings. The fourth-order valence-corrected chi connectivity index (χ4v) is 2.44. The van der Waals surface area contributed by atoms with Gasteiger partial charge >= 0.3 is 0 Å². The van der Waals surface area contributed by atoms with E-state index in [1.807, 2.05) is 19.1 Å². The molecule has 1 unspecified atom stereocenters. The Morgan fingerprint density at radius 2 is 2.37 bits per heavy atom. The van der Waals surface area contributed by atoms with Crippen LogP contribution in [0.3, 0.4) is 0 Å². The van der Waals surface area contributed by atoms with Gasteiger partial charge in [-0.3, -0.25) is 0 Å². The first-order valence-electron chi connectivity index (χ1n) is 6.80. The lowest BCUT2D eigenvalue weighted by atomic mass is 10.1. The van der Waals surface area contributed by atoms with E-state index in [4.69, 9.17) is 22.7 Å². The van der Waals surface area contributed by atoms with E-state index in [1.165, 1.54) is 12.8 Å². The van der Waals surface area contributed by atoms with Crippen molar-refractivity contribution in [2.45, 2.75) is 38.7 Å². The Morgan fingerprint density at radius 3 is 3.05 bits per heavy atom. The lowest BCUT2D eigenvalue weighted by Gasteiger charge is -2.22. The molecule has 1 aromatic heterocycles. The third kappa shape index (κ3) is 4.14. The van der Waals surface area contributed by atoms with Crippen LogP contribution in [0.2, 0.25) is 0 Å². The van der Waals surface area contributed by atoms with Crippen LogP contribution in [0, 0.1) is 6.92 Å². The normalized spacial score (nSPS) is 19.1. The highest BCUT2D eigenvalue weighted by atomic mass is 32.1. The number of aryl methyl sites for hydroxylation is 1. The third-order valence-electron chi connectivity index (χ3n) is 3.33. The van der Waals surface area contributed by atoms with E-state index < -0.39 is 0 Å². The molecule has 0 radical (unpaired) electrons. The van der Waals surface area contributed by atoms with Gasteiger partial charge in [0.2, 0.25) is 0 Å². The monoisotopic (exact) mass is 279 g/mol. The number of nitrogens with two attached hydrogens (primary N) is 1. The molecule has 1 aliphatic heterocycles. The molecule has 1 saturated heterocycles. The summed E-state index contributed by atoms with van der Waals surface area (Å²) >= 11 is 5.04. The van der Waals surface area contributed by atoms with Crippen LogP contribution >= 0.6 is 12.2 Å². The zero-order chi connectivity index (χ0) is 13.7. The minimum absolute atomic E-state index is 0.374. The van der Waals surface area contributed by atoms with Crippen molar-refractivity contribution in [1.82, 2.24) is 4.98 Å². The molecule has 0 spiro atoms. The van der Waals surface area contributed by atoms with Crippen LogP contribution in [0.15, 0.2) is 12.1 Å². The number of hydrogen-bond donors (Lipinski definition) is 2. The molecule has 1 fully saturated rings. The van der Waals surface area contributed by atoms with E-state index in [-0.39, 0.29) is 0 Å². The molecule has 1 aromatic rings. The zero-order valence-corrected chi connectivity index (χ0v) is 12.1. The van der Waals surface area contributed by atoms with Crippen molar-refractivity contribution in [2.75, 3.05) is 18.5 Å². The Labute approximate surface area is 119 Å². The van der Waals surface area contributed by atoms with Gasteiger partial charge in [0, 0.05) is 18.8 Å². The van der Waals surface area contributed by atoms with E-state index in [2.05, 4.69) is 10.3 Å². The molecule has 4 nitrogen and oxygen atoms in total. The van der Waals surface area contributed by atoms with Crippen molar-refractivity contribution in [3.8, 4) is 0 Å². The molecule has 0 bridgehead atoms. The van der Waals surface area contributed by atoms with E-state index >= 15 is 0 Å². The number of hydrogen-bond acceptors (Lipinski definition) is 4. The lowest BCUT2D eigenvalue weighted by molar-refractivity contribution is 0.0134. The topological polar surface area (TPSA) is 60.2 Å². The molecular weight excluding hydrogens is 258 g/mol. The van der Waals surface area contributed by atoms with E-state index in [9.17, 15) is 0 Å². The Bertz CT molecular complexity index is 444. The number of nitrogens with zero attached hydrogens (tertiary/aromatic N) is 1. The van der Waals surface area contributed by atoms with Gasteiger partial charge in [-0.05, 0) is 44.7 Å². The predicted molar refractivity (Wildman–Crippen MR) is 81.6 cm³/mol. The van der Waals surface area contributed by atoms with Crippen LogP contribution in [-0.4, -0.2) is 29.2 Å². The highest BCUT2D eigenvalue weighted by Crippen LogP contribution is 2.17. The van der Waals surface area contributed by atoms with E-state index in [0.717, 1.165) is 43.1 Å². The van der Waals surface area contributed by atoms with Gasteiger partial charge in [0.25, 0.3) is 0 Å². The molecule has 0 aromatic carbocycles. The second-order valence-corrected chi connectivity index (χ2v) is 5.36. The molecule has 2 heterocycles. The maximum absolute atomic E-state index is 5.71. The average Bonchev–Trinajstić information content (AvgIpc) is 2.39. The largest absolute Gasteiger partial charge is 0.389 e. The van der Waals surface area contributed by atoms with Crippen LogP contribution in [0.4, 0.5) is 5.82 Å². The zero-order valence-electron chi connectivity index (χ0n) is 11.3. The highest BCUT2D eigenvalue weighted by molar-refractivity contribution is 7.80. The number of nitrogens with one attached hydrogen (secondary N) is 1. The summed E-state index contributed by atoms with van der Waals surface area (Å²) in [7, 11) is 0. The van der Waals surface area contributed by atoms with Gasteiger partial charge < -0.3 is 15.8 Å². The predicted octanol–water partition coefficient (Wildman–Crippen LogP) is 2.40. The Hall–Kier alpha value is -1.20. The maximum atomic E-state index is 5.71. The molecule has 19 heavy (non-hydrogen) atoms. The standard InChI is InChI=1S/C14H21N3OS/c1-10-5-6-12(13(15)19)14(17-10)16-8-7-11-4-2-3-9-18-11/h5-6,11H,2-4,7-9H2,1H3,(H2,15,19)(H,16,17). The van der Waals surface area contributed by atoms with E-state index in [1.54, 1.807) is 0 Å². The first kappa shape index (κ1) is 14.2. The molecule has 2 rings (SSSR count). The number of pyridine rings is 1. The summed E-state index contributed by atoms with van der Waals surface area (Å²) in [6.45, 7) is 3.68. The fraction of sp³-hybridized carbons (Fsp3) is 0.571. The summed E-state index contributed by atoms with van der Waals surface area (Å²) in [5.74, 6) is 0.781. The van der Waals surface area contributed by atoms with Crippen molar-refractivity contribution >= 4 is 23.0 Å². The van der Waals surface area contributed by atoms with Crippen molar-refractivity contribution in [1.29, 1.82) is 0 Å². The minimum atomic E-state index is 0.374. The Kier molecular flexibility index (Phi) is 5.10. The second-order valence-electron chi connectivity index (χ2n) is 4.92. The number of thiocarbonyl (C=S) groups is 1. The maximum Gasteiger partial charge on any atom is 0.136 e. The smallest absolute Gasteiger partial charge is 0.136 e. The number of ether oxygens (including phenoxy) is 1. The van der Waals surface area contributed by atoms with Crippen LogP contribution in [-0.2, 0) is 4.74 Å². The van der Waals surface area contributed by atoms with Crippen molar-refractivity contribution < 1.29 is 4.74 Å². The van der Waals surface area contributed by atoms with Crippen molar-refractivity contribution in [3.05, 3.63) is 23.4 Å². The van der Waals surface area contributed by atoms with Gasteiger partial charge in [-0.25, -0.2) is 4.98 Å². The van der Waals surface area contributed by atoms with Gasteiger partial charge in [-0.15, -0.1) is 0 Å². The summed E-state index contributed by atoms with van der Waals surface area (Å²) < 4.78 is 5.71. The van der Waals surface area contributed by atoms with Crippen LogP contribution in [0.1, 0.15) is 36.9 Å². The third-order valence-corrected chi connectivity index (χ3v) is 3.55. The lowest BCUT2D eigenvalue weighted by Crippen LogP contribution is -2.23. The number of aromatic nitrogens is 1. The Balaban J connectivity index is 1.91. The minimum Gasteiger partial charge on any atom is -0.389 e. The Morgan fingerprint density at radius 1 is 1.53 bits per heavy atom. The summed E-state index contributed by atoms with van der Waals surface area (Å²) in [5, 5.41) is 3.32. The van der Waals surface area contributed by atoms with Crippen molar-refractivity contribution in [3.63, 3.8) is 0 Å². The van der Waals surface area contributed by atoms with Crippen LogP contribution in [0.5, 0.6) is 0 Å². The SMILES string of the molecule is Cc1ccc(C(N)=S)c(NCCC2CCCCO2)n1. The van der Waals surface area contributed by atoms with Gasteiger partial charge in [0.1, 0.15) is 10.8 Å². The van der Waals surface area contributed by atoms with Gasteiger partial charge in [0.05, 0.1) is 11.7 Å². The molecule has 0 aliphatic carbocycles. The van der Waals surface area contributed by atoms with E-state index in [0.29, 0.717) is 11.1 Å². The summed E-state index contributed by atoms with van der Waals surface area (Å²) in [5.41, 5.74) is 7.47. The van der Waals surface area contributed by atoms with Gasteiger partial charge in [-0.1, -0.05) is 12.2 Å². The number of rotatable bonds is 5. The summed E-state index contributed by atoms with van der Waals surface area (Å²) in [6, 6.07) is 3.84. The number of anilines is 1. The molecule has 3 N–H and O–H groups in total. The quantitative estimate of drug-likeness (QED) is 0.810. The summed E-state index contributed by atoms with van der Waals surface area (Å²) in [4.78, 5) is 4.84. The molecule has 0 amide bonds. The van der Waals surface area contributed by atoms with Crippen LogP contribution < -0.4 is 11.1 Å². The molecular formula is C14H21N3OS. The molecule has 104 valence electrons. The molecule has 1 atom stereocenters. The first-order valence-corrected chi connectivity index (χ1v) is 7.20. The van der Waals surface area contributed by atoms with Crippen molar-refractivity contribution in [2.24, 2.45) is 5.73 Å². The highest BCUT2D eigenvalue weighted by Gasteiger charge is 2.14. The molecule has 5 heteroatoms. The fourth-order valence-electron chi connectivity index (χ4n) is 2.28. The molecule has 0 saturated carbocycles. The second kappa shape index (κ2) is 6.82. The van der Waals surface area contributed by atoms with Gasteiger partial charge in [-0.2, -0.15) is 0 Å².